The van der Waals surface area contributed by atoms with Gasteiger partial charge in [0.05, 0.1) is 6.61 Å². The molecule has 1 saturated carbocycles. The molecule has 5 nitrogen and oxygen atoms in total. The van der Waals surface area contributed by atoms with Gasteiger partial charge in [0.25, 0.3) is 0 Å². The molecule has 1 aromatic rings. The molecule has 1 atom stereocenters. The van der Waals surface area contributed by atoms with E-state index in [2.05, 4.69) is 5.32 Å². The zero-order valence-corrected chi connectivity index (χ0v) is 12.3. The van der Waals surface area contributed by atoms with Gasteiger partial charge in [0, 0.05) is 18.2 Å². The van der Waals surface area contributed by atoms with Crippen LogP contribution in [0.15, 0.2) is 24.3 Å². The molecule has 5 heteroatoms. The van der Waals surface area contributed by atoms with Crippen LogP contribution in [0.2, 0.25) is 0 Å². The average molecular weight is 292 g/mol. The number of nitrogens with two attached hydrogens (primary N) is 1. The molecule has 0 amide bonds. The first kappa shape index (κ1) is 15.6. The van der Waals surface area contributed by atoms with Gasteiger partial charge in [-0.2, -0.15) is 0 Å². The second-order valence-corrected chi connectivity index (χ2v) is 5.60. The van der Waals surface area contributed by atoms with Gasteiger partial charge in [-0.05, 0) is 37.1 Å². The van der Waals surface area contributed by atoms with Crippen molar-refractivity contribution >= 4 is 11.7 Å². The third-order valence-electron chi connectivity index (χ3n) is 3.90. The van der Waals surface area contributed by atoms with Gasteiger partial charge in [-0.15, -0.1) is 0 Å². The van der Waals surface area contributed by atoms with Gasteiger partial charge >= 0.3 is 5.97 Å². The highest BCUT2D eigenvalue weighted by Gasteiger charge is 2.22. The van der Waals surface area contributed by atoms with Gasteiger partial charge in [0.1, 0.15) is 11.8 Å². The van der Waals surface area contributed by atoms with Crippen LogP contribution in [0.1, 0.15) is 38.5 Å². The summed E-state index contributed by atoms with van der Waals surface area (Å²) in [7, 11) is 0. The smallest absolute Gasteiger partial charge is 0.320 e. The lowest BCUT2D eigenvalue weighted by Crippen LogP contribution is -2.44. The Hall–Kier alpha value is -1.75. The van der Waals surface area contributed by atoms with E-state index < -0.39 is 12.0 Å². The Labute approximate surface area is 125 Å². The highest BCUT2D eigenvalue weighted by molar-refractivity contribution is 5.73. The van der Waals surface area contributed by atoms with Crippen molar-refractivity contribution in [1.82, 2.24) is 5.32 Å². The fourth-order valence-corrected chi connectivity index (χ4v) is 2.69. The van der Waals surface area contributed by atoms with Crippen LogP contribution in [-0.2, 0) is 4.79 Å². The molecule has 2 rings (SSSR count). The van der Waals surface area contributed by atoms with E-state index in [0.29, 0.717) is 30.5 Å². The molecule has 0 aromatic heterocycles. The standard InChI is InChI=1S/C16H24N2O3/c17-12-6-8-14(9-7-12)21-11-10-15(16(19)20)18-13-4-2-1-3-5-13/h6-9,13,15,18H,1-5,10-11,17H2,(H,19,20). The van der Waals surface area contributed by atoms with Crippen LogP contribution in [0.25, 0.3) is 0 Å². The Morgan fingerprint density at radius 1 is 1.29 bits per heavy atom. The molecule has 1 unspecified atom stereocenters. The predicted molar refractivity (Wildman–Crippen MR) is 82.4 cm³/mol. The van der Waals surface area contributed by atoms with Gasteiger partial charge in [0.15, 0.2) is 0 Å². The summed E-state index contributed by atoms with van der Waals surface area (Å²) in [5.41, 5.74) is 6.29. The molecule has 1 fully saturated rings. The number of ether oxygens (including phenoxy) is 1. The summed E-state index contributed by atoms with van der Waals surface area (Å²) in [6.45, 7) is 0.376. The number of hydrogen-bond donors (Lipinski definition) is 3. The maximum absolute atomic E-state index is 11.3. The van der Waals surface area contributed by atoms with E-state index in [1.165, 1.54) is 19.3 Å². The average Bonchev–Trinajstić information content (AvgIpc) is 2.49. The summed E-state index contributed by atoms with van der Waals surface area (Å²) in [6, 6.07) is 6.91. The van der Waals surface area contributed by atoms with Crippen LogP contribution in [-0.4, -0.2) is 29.8 Å². The van der Waals surface area contributed by atoms with Crippen molar-refractivity contribution in [2.24, 2.45) is 0 Å². The molecule has 1 aliphatic rings. The molecule has 0 spiro atoms. The largest absolute Gasteiger partial charge is 0.494 e. The van der Waals surface area contributed by atoms with Crippen molar-refractivity contribution in [3.63, 3.8) is 0 Å². The molecule has 0 bridgehead atoms. The van der Waals surface area contributed by atoms with E-state index in [1.54, 1.807) is 24.3 Å². The molecule has 1 aromatic carbocycles. The topological polar surface area (TPSA) is 84.6 Å². The Morgan fingerprint density at radius 3 is 2.57 bits per heavy atom. The van der Waals surface area contributed by atoms with E-state index >= 15 is 0 Å². The van der Waals surface area contributed by atoms with Crippen LogP contribution in [0.5, 0.6) is 5.75 Å². The second-order valence-electron chi connectivity index (χ2n) is 5.60. The highest BCUT2D eigenvalue weighted by atomic mass is 16.5. The first-order valence-electron chi connectivity index (χ1n) is 7.62. The SMILES string of the molecule is Nc1ccc(OCCC(NC2CCCCC2)C(=O)O)cc1. The molecule has 116 valence electrons. The summed E-state index contributed by atoms with van der Waals surface area (Å²) in [6.07, 6.45) is 6.23. The third kappa shape index (κ3) is 5.27. The van der Waals surface area contributed by atoms with Crippen molar-refractivity contribution in [3.8, 4) is 5.75 Å². The molecule has 0 aliphatic heterocycles. The van der Waals surface area contributed by atoms with Crippen molar-refractivity contribution in [2.45, 2.75) is 50.6 Å². The van der Waals surface area contributed by atoms with Gasteiger partial charge in [-0.25, -0.2) is 0 Å². The summed E-state index contributed by atoms with van der Waals surface area (Å²) < 4.78 is 5.57. The predicted octanol–water partition coefficient (Wildman–Crippen LogP) is 2.41. The van der Waals surface area contributed by atoms with E-state index in [0.717, 1.165) is 12.8 Å². The van der Waals surface area contributed by atoms with Crippen molar-refractivity contribution in [3.05, 3.63) is 24.3 Å². The van der Waals surface area contributed by atoms with Crippen molar-refractivity contribution in [2.75, 3.05) is 12.3 Å². The number of carboxylic acid groups (broad SMARTS) is 1. The number of carbonyl (C=O) groups is 1. The quantitative estimate of drug-likeness (QED) is 0.672. The number of benzene rings is 1. The fourth-order valence-electron chi connectivity index (χ4n) is 2.69. The molecule has 0 saturated heterocycles. The summed E-state index contributed by atoms with van der Waals surface area (Å²) in [5, 5.41) is 12.6. The van der Waals surface area contributed by atoms with Crippen molar-refractivity contribution in [1.29, 1.82) is 0 Å². The van der Waals surface area contributed by atoms with Crippen LogP contribution in [0.3, 0.4) is 0 Å². The number of anilines is 1. The molecule has 1 aliphatic carbocycles. The number of rotatable bonds is 7. The summed E-state index contributed by atoms with van der Waals surface area (Å²) >= 11 is 0. The zero-order valence-electron chi connectivity index (χ0n) is 12.3. The lowest BCUT2D eigenvalue weighted by molar-refractivity contribution is -0.140. The molecule has 4 N–H and O–H groups in total. The Bertz CT molecular complexity index is 441. The van der Waals surface area contributed by atoms with Gasteiger partial charge in [-0.3, -0.25) is 4.79 Å². The van der Waals surface area contributed by atoms with Crippen LogP contribution >= 0.6 is 0 Å². The number of hydrogen-bond acceptors (Lipinski definition) is 4. The maximum atomic E-state index is 11.3. The highest BCUT2D eigenvalue weighted by Crippen LogP contribution is 2.18. The Morgan fingerprint density at radius 2 is 1.95 bits per heavy atom. The van der Waals surface area contributed by atoms with Gasteiger partial charge in [0.2, 0.25) is 0 Å². The Kier molecular flexibility index (Phi) is 5.87. The van der Waals surface area contributed by atoms with E-state index in [9.17, 15) is 9.90 Å². The number of aliphatic carboxylic acids is 1. The van der Waals surface area contributed by atoms with Crippen molar-refractivity contribution < 1.29 is 14.6 Å². The normalized spacial score (nSPS) is 17.3. The number of nitrogens with one attached hydrogen (secondary N) is 1. The Balaban J connectivity index is 1.76. The van der Waals surface area contributed by atoms with Crippen LogP contribution in [0, 0.1) is 0 Å². The molecule has 21 heavy (non-hydrogen) atoms. The minimum Gasteiger partial charge on any atom is -0.494 e. The first-order valence-corrected chi connectivity index (χ1v) is 7.62. The molecular weight excluding hydrogens is 268 g/mol. The van der Waals surface area contributed by atoms with Crippen LogP contribution < -0.4 is 15.8 Å². The molecule has 0 heterocycles. The summed E-state index contributed by atoms with van der Waals surface area (Å²) in [5.74, 6) is -0.0903. The van der Waals surface area contributed by atoms with Gasteiger partial charge < -0.3 is 20.9 Å². The monoisotopic (exact) mass is 292 g/mol. The number of carboxylic acids is 1. The van der Waals surface area contributed by atoms with E-state index in [4.69, 9.17) is 10.5 Å². The van der Waals surface area contributed by atoms with E-state index in [-0.39, 0.29) is 0 Å². The lowest BCUT2D eigenvalue weighted by Gasteiger charge is -2.26. The maximum Gasteiger partial charge on any atom is 0.320 e. The number of nitrogen functional groups attached to an aromatic ring is 1. The van der Waals surface area contributed by atoms with E-state index in [1.807, 2.05) is 0 Å². The molecule has 0 radical (unpaired) electrons. The third-order valence-corrected chi connectivity index (χ3v) is 3.90. The molecular formula is C16H24N2O3. The second kappa shape index (κ2) is 7.88. The minimum absolute atomic E-state index is 0.330. The van der Waals surface area contributed by atoms with Gasteiger partial charge in [-0.1, -0.05) is 19.3 Å². The van der Waals surface area contributed by atoms with Crippen LogP contribution in [0.4, 0.5) is 5.69 Å². The minimum atomic E-state index is -0.804. The summed E-state index contributed by atoms with van der Waals surface area (Å²) in [4.78, 5) is 11.3. The first-order chi connectivity index (χ1) is 10.1. The lowest BCUT2D eigenvalue weighted by atomic mass is 9.94. The fraction of sp³-hybridized carbons (Fsp3) is 0.562. The zero-order chi connectivity index (χ0) is 15.1.